The molecule has 88 valence electrons. The number of hydrogen-bond donors (Lipinski definition) is 2. The van der Waals surface area contributed by atoms with Gasteiger partial charge < -0.3 is 11.5 Å². The lowest BCUT2D eigenvalue weighted by molar-refractivity contribution is 0.100. The van der Waals surface area contributed by atoms with Crippen LogP contribution in [0, 0.1) is 0 Å². The second-order valence-corrected chi connectivity index (χ2v) is 4.30. The molecule has 8 heteroatoms. The average Bonchev–Trinajstić information content (AvgIpc) is 2.57. The Hall–Kier alpha value is -1.60. The van der Waals surface area contributed by atoms with Crippen molar-refractivity contribution >= 4 is 39.4 Å². The fourth-order valence-electron chi connectivity index (χ4n) is 1.29. The van der Waals surface area contributed by atoms with Gasteiger partial charge in [-0.3, -0.25) is 4.79 Å². The number of anilines is 1. The number of rotatable bonds is 2. The van der Waals surface area contributed by atoms with Crippen LogP contribution in [-0.2, 0) is 0 Å². The summed E-state index contributed by atoms with van der Waals surface area (Å²) in [4.78, 5) is 14.9. The number of amides is 1. The summed E-state index contributed by atoms with van der Waals surface area (Å²) in [6, 6.07) is 4.62. The highest BCUT2D eigenvalue weighted by Gasteiger charge is 2.12. The fraction of sp³-hybridized carbons (Fsp3) is 0. The minimum absolute atomic E-state index is 0.118. The number of carbonyl (C=O) groups excluding carboxylic acids is 1. The zero-order valence-electron chi connectivity index (χ0n) is 8.39. The highest BCUT2D eigenvalue weighted by atomic mass is 79.9. The first-order valence-electron chi connectivity index (χ1n) is 4.47. The van der Waals surface area contributed by atoms with E-state index in [1.54, 1.807) is 12.1 Å². The topological polar surface area (TPSA) is 99.8 Å². The van der Waals surface area contributed by atoms with E-state index < -0.39 is 5.91 Å². The number of nitrogens with zero attached hydrogens (tertiary/aromatic N) is 3. The lowest BCUT2D eigenvalue weighted by atomic mass is 10.2. The van der Waals surface area contributed by atoms with Gasteiger partial charge in [-0.05, 0) is 34.1 Å². The van der Waals surface area contributed by atoms with E-state index in [2.05, 4.69) is 26.0 Å². The van der Waals surface area contributed by atoms with Crippen molar-refractivity contribution in [1.82, 2.24) is 14.8 Å². The Bertz CT molecular complexity index is 597. The molecule has 17 heavy (non-hydrogen) atoms. The predicted octanol–water partition coefficient (Wildman–Crippen LogP) is 1.36. The third kappa shape index (κ3) is 2.25. The lowest BCUT2D eigenvalue weighted by Gasteiger charge is -2.05. The number of nitrogen functional groups attached to an aromatic ring is 1. The van der Waals surface area contributed by atoms with Gasteiger partial charge in [0.05, 0.1) is 10.7 Å². The molecule has 0 bridgehead atoms. The zero-order valence-corrected chi connectivity index (χ0v) is 10.7. The van der Waals surface area contributed by atoms with Gasteiger partial charge in [-0.1, -0.05) is 11.6 Å². The average molecular weight is 317 g/mol. The fourth-order valence-corrected chi connectivity index (χ4v) is 2.01. The second-order valence-electron chi connectivity index (χ2n) is 3.18. The van der Waals surface area contributed by atoms with E-state index in [0.717, 1.165) is 0 Å². The first-order valence-corrected chi connectivity index (χ1v) is 5.64. The largest absolute Gasteiger partial charge is 0.366 e. The van der Waals surface area contributed by atoms with Crippen LogP contribution in [0.2, 0.25) is 5.02 Å². The molecule has 2 rings (SSSR count). The van der Waals surface area contributed by atoms with Gasteiger partial charge in [0.1, 0.15) is 0 Å². The number of aromatic nitrogens is 3. The minimum atomic E-state index is -0.546. The first kappa shape index (κ1) is 11.9. The SMILES string of the molecule is NC(=O)c1ccc(-n2nc(N)nc2Br)c(Cl)c1. The summed E-state index contributed by atoms with van der Waals surface area (Å²) in [7, 11) is 0. The molecular weight excluding hydrogens is 309 g/mol. The Balaban J connectivity index is 2.54. The van der Waals surface area contributed by atoms with E-state index in [1.165, 1.54) is 10.7 Å². The summed E-state index contributed by atoms with van der Waals surface area (Å²) in [5.74, 6) is -0.428. The maximum absolute atomic E-state index is 11.0. The Morgan fingerprint density at radius 3 is 2.65 bits per heavy atom. The molecule has 0 aliphatic rings. The lowest BCUT2D eigenvalue weighted by Crippen LogP contribution is -2.11. The summed E-state index contributed by atoms with van der Waals surface area (Å²) in [6.45, 7) is 0. The molecule has 0 unspecified atom stereocenters. The van der Waals surface area contributed by atoms with Crippen molar-refractivity contribution in [2.75, 3.05) is 5.73 Å². The van der Waals surface area contributed by atoms with Crippen LogP contribution in [0.4, 0.5) is 5.95 Å². The molecule has 0 saturated carbocycles. The van der Waals surface area contributed by atoms with Crippen molar-refractivity contribution < 1.29 is 4.79 Å². The van der Waals surface area contributed by atoms with Crippen LogP contribution >= 0.6 is 27.5 Å². The van der Waals surface area contributed by atoms with Crippen LogP contribution < -0.4 is 11.5 Å². The van der Waals surface area contributed by atoms with Crippen LogP contribution in [0.15, 0.2) is 22.9 Å². The van der Waals surface area contributed by atoms with Crippen LogP contribution in [0.3, 0.4) is 0 Å². The Labute approximate surface area is 110 Å². The first-order chi connectivity index (χ1) is 7.99. The van der Waals surface area contributed by atoms with Crippen LogP contribution in [0.1, 0.15) is 10.4 Å². The van der Waals surface area contributed by atoms with E-state index >= 15 is 0 Å². The Morgan fingerprint density at radius 1 is 1.47 bits per heavy atom. The molecular formula is C9H7BrClN5O. The molecule has 1 aromatic carbocycles. The molecule has 0 aliphatic carbocycles. The number of hydrogen-bond acceptors (Lipinski definition) is 4. The normalized spacial score (nSPS) is 10.5. The van der Waals surface area contributed by atoms with Gasteiger partial charge >= 0.3 is 0 Å². The zero-order chi connectivity index (χ0) is 12.6. The van der Waals surface area contributed by atoms with Crippen molar-refractivity contribution in [3.05, 3.63) is 33.5 Å². The summed E-state index contributed by atoms with van der Waals surface area (Å²) in [6.07, 6.45) is 0. The number of primary amides is 1. The summed E-state index contributed by atoms with van der Waals surface area (Å²) in [5, 5.41) is 4.28. The molecule has 1 heterocycles. The summed E-state index contributed by atoms with van der Waals surface area (Å²) >= 11 is 9.23. The summed E-state index contributed by atoms with van der Waals surface area (Å²) < 4.78 is 1.84. The van der Waals surface area contributed by atoms with E-state index in [0.29, 0.717) is 21.0 Å². The van der Waals surface area contributed by atoms with E-state index in [-0.39, 0.29) is 5.95 Å². The molecule has 0 aliphatic heterocycles. The van der Waals surface area contributed by atoms with Gasteiger partial charge in [0.15, 0.2) is 0 Å². The number of benzene rings is 1. The monoisotopic (exact) mass is 315 g/mol. The molecule has 0 fully saturated rings. The van der Waals surface area contributed by atoms with E-state index in [9.17, 15) is 4.79 Å². The molecule has 0 radical (unpaired) electrons. The molecule has 0 saturated heterocycles. The third-order valence-corrected chi connectivity index (χ3v) is 2.86. The molecule has 4 N–H and O–H groups in total. The number of carbonyl (C=O) groups is 1. The van der Waals surface area contributed by atoms with Gasteiger partial charge in [-0.25, -0.2) is 4.68 Å². The van der Waals surface area contributed by atoms with Gasteiger partial charge in [0.2, 0.25) is 16.6 Å². The van der Waals surface area contributed by atoms with Gasteiger partial charge in [-0.2, -0.15) is 4.98 Å². The molecule has 2 aromatic rings. The number of halogens is 2. The molecule has 0 spiro atoms. The third-order valence-electron chi connectivity index (χ3n) is 2.04. The van der Waals surface area contributed by atoms with Crippen molar-refractivity contribution in [3.63, 3.8) is 0 Å². The maximum atomic E-state index is 11.0. The van der Waals surface area contributed by atoms with Gasteiger partial charge in [-0.15, -0.1) is 5.10 Å². The second kappa shape index (κ2) is 4.34. The van der Waals surface area contributed by atoms with Gasteiger partial charge in [0, 0.05) is 5.56 Å². The van der Waals surface area contributed by atoms with Crippen molar-refractivity contribution in [2.45, 2.75) is 0 Å². The smallest absolute Gasteiger partial charge is 0.248 e. The summed E-state index contributed by atoms with van der Waals surface area (Å²) in [5.41, 5.74) is 11.5. The van der Waals surface area contributed by atoms with Crippen LogP contribution in [0.25, 0.3) is 5.69 Å². The molecule has 6 nitrogen and oxygen atoms in total. The van der Waals surface area contributed by atoms with Gasteiger partial charge in [0.25, 0.3) is 0 Å². The predicted molar refractivity (Wildman–Crippen MR) is 67.0 cm³/mol. The van der Waals surface area contributed by atoms with Crippen molar-refractivity contribution in [3.8, 4) is 5.69 Å². The number of nitrogens with two attached hydrogens (primary N) is 2. The highest BCUT2D eigenvalue weighted by Crippen LogP contribution is 2.24. The molecule has 0 atom stereocenters. The minimum Gasteiger partial charge on any atom is -0.366 e. The Kier molecular flexibility index (Phi) is 3.03. The maximum Gasteiger partial charge on any atom is 0.248 e. The van der Waals surface area contributed by atoms with E-state index in [1.807, 2.05) is 0 Å². The Morgan fingerprint density at radius 2 is 2.18 bits per heavy atom. The molecule has 1 amide bonds. The van der Waals surface area contributed by atoms with Crippen LogP contribution in [-0.4, -0.2) is 20.7 Å². The van der Waals surface area contributed by atoms with Crippen LogP contribution in [0.5, 0.6) is 0 Å². The highest BCUT2D eigenvalue weighted by molar-refractivity contribution is 9.10. The standard InChI is InChI=1S/C9H7BrClN5O/c10-8-14-9(13)15-16(8)6-2-1-4(7(12)17)3-5(6)11/h1-3H,(H2,12,17)(H2,13,15). The quantitative estimate of drug-likeness (QED) is 0.873. The molecule has 1 aromatic heterocycles. The van der Waals surface area contributed by atoms with Crippen molar-refractivity contribution in [1.29, 1.82) is 0 Å². The van der Waals surface area contributed by atoms with E-state index in [4.69, 9.17) is 23.1 Å². The van der Waals surface area contributed by atoms with Crippen molar-refractivity contribution in [2.24, 2.45) is 5.73 Å².